The quantitative estimate of drug-likeness (QED) is 0.909. The molecule has 1 aliphatic rings. The summed E-state index contributed by atoms with van der Waals surface area (Å²) in [7, 11) is 0. The van der Waals surface area contributed by atoms with Gasteiger partial charge in [-0.1, -0.05) is 30.1 Å². The molecule has 0 unspecified atom stereocenters. The molecule has 110 valence electrons. The second kappa shape index (κ2) is 7.30. The van der Waals surface area contributed by atoms with Gasteiger partial charge in [-0.2, -0.15) is 0 Å². The molecule has 0 spiro atoms. The zero-order valence-corrected chi connectivity index (χ0v) is 13.2. The van der Waals surface area contributed by atoms with Crippen molar-refractivity contribution in [3.05, 3.63) is 28.2 Å². The topological polar surface area (TPSA) is 32.3 Å². The van der Waals surface area contributed by atoms with Crippen LogP contribution in [0.15, 0.2) is 18.2 Å². The Kier molecular flexibility index (Phi) is 5.70. The van der Waals surface area contributed by atoms with E-state index in [0.717, 1.165) is 25.6 Å². The van der Waals surface area contributed by atoms with Gasteiger partial charge in [0, 0.05) is 18.0 Å². The molecule has 1 amide bonds. The molecule has 1 N–H and O–H groups in total. The Labute approximate surface area is 130 Å². The summed E-state index contributed by atoms with van der Waals surface area (Å²) in [5.74, 6) is 0.806. The Morgan fingerprint density at radius 1 is 1.35 bits per heavy atom. The largest absolute Gasteiger partial charge is 0.325 e. The van der Waals surface area contributed by atoms with E-state index in [1.165, 1.54) is 12.8 Å². The maximum atomic E-state index is 11.9. The van der Waals surface area contributed by atoms with Crippen molar-refractivity contribution in [2.45, 2.75) is 26.2 Å². The molecule has 1 saturated heterocycles. The normalized spacial score (nSPS) is 17.1. The molecule has 0 atom stereocenters. The molecule has 5 heteroatoms. The maximum Gasteiger partial charge on any atom is 0.225 e. The van der Waals surface area contributed by atoms with Crippen molar-refractivity contribution in [3.63, 3.8) is 0 Å². The van der Waals surface area contributed by atoms with Crippen LogP contribution in [0.3, 0.4) is 0 Å². The lowest BCUT2D eigenvalue weighted by atomic mass is 9.99. The van der Waals surface area contributed by atoms with Crippen LogP contribution < -0.4 is 5.32 Å². The predicted molar refractivity (Wildman–Crippen MR) is 84.5 cm³/mol. The van der Waals surface area contributed by atoms with E-state index in [1.54, 1.807) is 18.2 Å². The number of piperidine rings is 1. The number of amides is 1. The summed E-state index contributed by atoms with van der Waals surface area (Å²) in [6.45, 7) is 5.28. The highest BCUT2D eigenvalue weighted by Gasteiger charge is 2.16. The SMILES string of the molecule is CC1CCN(CCC(=O)Nc2ccc(Cl)cc2Cl)CC1. The maximum absolute atomic E-state index is 11.9. The molecule has 0 aliphatic carbocycles. The first kappa shape index (κ1) is 15.6. The van der Waals surface area contributed by atoms with E-state index in [9.17, 15) is 4.79 Å². The third-order valence-electron chi connectivity index (χ3n) is 3.74. The van der Waals surface area contributed by atoms with E-state index >= 15 is 0 Å². The van der Waals surface area contributed by atoms with Crippen molar-refractivity contribution in [2.75, 3.05) is 25.0 Å². The Balaban J connectivity index is 1.78. The van der Waals surface area contributed by atoms with E-state index in [2.05, 4.69) is 17.1 Å². The fraction of sp³-hybridized carbons (Fsp3) is 0.533. The van der Waals surface area contributed by atoms with Crippen molar-refractivity contribution >= 4 is 34.8 Å². The standard InChI is InChI=1S/C15H20Cl2N2O/c1-11-4-7-19(8-5-11)9-6-15(20)18-14-3-2-12(16)10-13(14)17/h2-3,10-11H,4-9H2,1H3,(H,18,20). The summed E-state index contributed by atoms with van der Waals surface area (Å²) in [5, 5.41) is 3.86. The van der Waals surface area contributed by atoms with Gasteiger partial charge in [0.05, 0.1) is 10.7 Å². The summed E-state index contributed by atoms with van der Waals surface area (Å²) in [5.41, 5.74) is 0.619. The molecule has 1 aromatic carbocycles. The molecule has 1 aliphatic heterocycles. The third-order valence-corrected chi connectivity index (χ3v) is 4.28. The van der Waals surface area contributed by atoms with Gasteiger partial charge in [0.15, 0.2) is 0 Å². The smallest absolute Gasteiger partial charge is 0.225 e. The zero-order chi connectivity index (χ0) is 14.5. The van der Waals surface area contributed by atoms with E-state index < -0.39 is 0 Å². The number of halogens is 2. The molecule has 1 fully saturated rings. The van der Waals surface area contributed by atoms with Crippen LogP contribution in [-0.2, 0) is 4.79 Å². The Hall–Kier alpha value is -0.770. The van der Waals surface area contributed by atoms with Crippen LogP contribution in [0.4, 0.5) is 5.69 Å². The van der Waals surface area contributed by atoms with Crippen molar-refractivity contribution < 1.29 is 4.79 Å². The average molecular weight is 315 g/mol. The van der Waals surface area contributed by atoms with Crippen molar-refractivity contribution in [1.29, 1.82) is 0 Å². The highest BCUT2D eigenvalue weighted by Crippen LogP contribution is 2.25. The number of benzene rings is 1. The van der Waals surface area contributed by atoms with Crippen molar-refractivity contribution in [3.8, 4) is 0 Å². The number of anilines is 1. The number of hydrogen-bond donors (Lipinski definition) is 1. The van der Waals surface area contributed by atoms with Crippen LogP contribution in [0, 0.1) is 5.92 Å². The van der Waals surface area contributed by atoms with Gasteiger partial charge in [-0.15, -0.1) is 0 Å². The Morgan fingerprint density at radius 3 is 2.70 bits per heavy atom. The molecule has 1 aromatic rings. The number of rotatable bonds is 4. The molecule has 0 aromatic heterocycles. The van der Waals surface area contributed by atoms with Crippen molar-refractivity contribution in [1.82, 2.24) is 4.90 Å². The number of hydrogen-bond acceptors (Lipinski definition) is 2. The van der Waals surface area contributed by atoms with Crippen molar-refractivity contribution in [2.24, 2.45) is 5.92 Å². The molecule has 0 saturated carbocycles. The summed E-state index contributed by atoms with van der Waals surface area (Å²) < 4.78 is 0. The third kappa shape index (κ3) is 4.65. The van der Waals surface area contributed by atoms with Crippen LogP contribution in [0.1, 0.15) is 26.2 Å². The van der Waals surface area contributed by atoms with Gasteiger partial charge in [-0.25, -0.2) is 0 Å². The summed E-state index contributed by atoms with van der Waals surface area (Å²) in [4.78, 5) is 14.3. The number of nitrogens with one attached hydrogen (secondary N) is 1. The fourth-order valence-electron chi connectivity index (χ4n) is 2.35. The molecule has 2 rings (SSSR count). The molecule has 20 heavy (non-hydrogen) atoms. The minimum Gasteiger partial charge on any atom is -0.325 e. The van der Waals surface area contributed by atoms with Gasteiger partial charge >= 0.3 is 0 Å². The van der Waals surface area contributed by atoms with Gasteiger partial charge in [0.1, 0.15) is 0 Å². The number of nitrogens with zero attached hydrogens (tertiary/aromatic N) is 1. The number of carbonyl (C=O) groups excluding carboxylic acids is 1. The van der Waals surface area contributed by atoms with Gasteiger partial charge < -0.3 is 10.2 Å². The minimum atomic E-state index is -0.00663. The zero-order valence-electron chi connectivity index (χ0n) is 11.7. The predicted octanol–water partition coefficient (Wildman–Crippen LogP) is 4.05. The van der Waals surface area contributed by atoms with E-state index in [1.807, 2.05) is 0 Å². The highest BCUT2D eigenvalue weighted by atomic mass is 35.5. The number of likely N-dealkylation sites (tertiary alicyclic amines) is 1. The van der Waals surface area contributed by atoms with Crippen LogP contribution in [0.5, 0.6) is 0 Å². The Morgan fingerprint density at radius 2 is 2.05 bits per heavy atom. The molecule has 0 bridgehead atoms. The van der Waals surface area contributed by atoms with Crippen LogP contribution in [0.2, 0.25) is 10.0 Å². The lowest BCUT2D eigenvalue weighted by Gasteiger charge is -2.29. The second-order valence-electron chi connectivity index (χ2n) is 5.45. The lowest BCUT2D eigenvalue weighted by molar-refractivity contribution is -0.116. The van der Waals surface area contributed by atoms with Gasteiger partial charge in [0.2, 0.25) is 5.91 Å². The van der Waals surface area contributed by atoms with E-state index in [0.29, 0.717) is 22.2 Å². The average Bonchev–Trinajstić information content (AvgIpc) is 2.41. The Bertz CT molecular complexity index is 471. The van der Waals surface area contributed by atoms with Crippen LogP contribution >= 0.6 is 23.2 Å². The molecular formula is C15H20Cl2N2O. The first-order valence-electron chi connectivity index (χ1n) is 7.02. The lowest BCUT2D eigenvalue weighted by Crippen LogP contribution is -2.35. The fourth-order valence-corrected chi connectivity index (χ4v) is 2.80. The van der Waals surface area contributed by atoms with Gasteiger partial charge in [0.25, 0.3) is 0 Å². The molecule has 1 heterocycles. The summed E-state index contributed by atoms with van der Waals surface area (Å²) >= 11 is 11.9. The van der Waals surface area contributed by atoms with Crippen LogP contribution in [0.25, 0.3) is 0 Å². The number of carbonyl (C=O) groups is 1. The van der Waals surface area contributed by atoms with Crippen LogP contribution in [-0.4, -0.2) is 30.4 Å². The van der Waals surface area contributed by atoms with E-state index in [-0.39, 0.29) is 5.91 Å². The van der Waals surface area contributed by atoms with Gasteiger partial charge in [-0.05, 0) is 50.0 Å². The van der Waals surface area contributed by atoms with Gasteiger partial charge in [-0.3, -0.25) is 4.79 Å². The molecule has 0 radical (unpaired) electrons. The summed E-state index contributed by atoms with van der Waals surface area (Å²) in [6.07, 6.45) is 2.95. The summed E-state index contributed by atoms with van der Waals surface area (Å²) in [6, 6.07) is 5.07. The van der Waals surface area contributed by atoms with E-state index in [4.69, 9.17) is 23.2 Å². The second-order valence-corrected chi connectivity index (χ2v) is 6.29. The highest BCUT2D eigenvalue weighted by molar-refractivity contribution is 6.36. The monoisotopic (exact) mass is 314 g/mol. The minimum absolute atomic E-state index is 0.00663. The molecular weight excluding hydrogens is 295 g/mol. The first-order chi connectivity index (χ1) is 9.54. The molecule has 3 nitrogen and oxygen atoms in total. The first-order valence-corrected chi connectivity index (χ1v) is 7.77.